The summed E-state index contributed by atoms with van der Waals surface area (Å²) in [5, 5.41) is 2.10. The summed E-state index contributed by atoms with van der Waals surface area (Å²) >= 11 is 7.09. The van der Waals surface area contributed by atoms with Gasteiger partial charge in [-0.1, -0.05) is 11.6 Å². The monoisotopic (exact) mass is 305 g/mol. The molecule has 2 N–H and O–H groups in total. The molecule has 0 saturated carbocycles. The number of halogens is 2. The van der Waals surface area contributed by atoms with Gasteiger partial charge in [-0.2, -0.15) is 0 Å². The molecule has 1 aromatic heterocycles. The lowest BCUT2D eigenvalue weighted by molar-refractivity contribution is 0.590. The first-order valence-electron chi connectivity index (χ1n) is 4.89. The van der Waals surface area contributed by atoms with Gasteiger partial charge in [0, 0.05) is 10.6 Å². The van der Waals surface area contributed by atoms with E-state index in [-0.39, 0.29) is 16.3 Å². The molecule has 2 aromatic rings. The van der Waals surface area contributed by atoms with Gasteiger partial charge < -0.3 is 5.73 Å². The number of thiophene rings is 1. The van der Waals surface area contributed by atoms with Crippen molar-refractivity contribution in [1.29, 1.82) is 0 Å². The van der Waals surface area contributed by atoms with Gasteiger partial charge >= 0.3 is 0 Å². The van der Waals surface area contributed by atoms with Crippen LogP contribution in [0.1, 0.15) is 4.88 Å². The third kappa shape index (κ3) is 2.82. The van der Waals surface area contributed by atoms with Crippen molar-refractivity contribution in [3.8, 4) is 0 Å². The molecule has 0 bridgehead atoms. The van der Waals surface area contributed by atoms with Crippen LogP contribution in [-0.4, -0.2) is 8.42 Å². The van der Waals surface area contributed by atoms with Crippen molar-refractivity contribution in [2.45, 2.75) is 10.6 Å². The minimum absolute atomic E-state index is 0.0749. The highest BCUT2D eigenvalue weighted by atomic mass is 35.5. The Labute approximate surface area is 113 Å². The summed E-state index contributed by atoms with van der Waals surface area (Å²) in [6.45, 7) is 0. The van der Waals surface area contributed by atoms with Crippen LogP contribution in [0.2, 0.25) is 5.02 Å². The molecule has 0 atom stereocenters. The second-order valence-corrected chi connectivity index (χ2v) is 7.07. The predicted molar refractivity (Wildman–Crippen MR) is 71.0 cm³/mol. The van der Waals surface area contributed by atoms with E-state index in [0.29, 0.717) is 9.90 Å². The minimum atomic E-state index is -3.64. The van der Waals surface area contributed by atoms with Gasteiger partial charge in [-0.3, -0.25) is 0 Å². The maximum Gasteiger partial charge on any atom is 0.183 e. The van der Waals surface area contributed by atoms with Crippen molar-refractivity contribution in [2.24, 2.45) is 0 Å². The molecule has 1 heterocycles. The fraction of sp³-hybridized carbons (Fsp3) is 0.0909. The highest BCUT2D eigenvalue weighted by molar-refractivity contribution is 7.90. The fourth-order valence-corrected chi connectivity index (χ4v) is 4.43. The first kappa shape index (κ1) is 13.3. The van der Waals surface area contributed by atoms with E-state index in [1.54, 1.807) is 11.4 Å². The zero-order chi connectivity index (χ0) is 13.3. The van der Waals surface area contributed by atoms with Gasteiger partial charge in [0.15, 0.2) is 9.84 Å². The van der Waals surface area contributed by atoms with Crippen molar-refractivity contribution in [3.63, 3.8) is 0 Å². The standard InChI is InChI=1S/C11H9ClFNO2S2/c12-10-1-2-17-11(10)6-18(15,16)9-4-7(13)3-8(14)5-9/h1-5H,6,14H2. The van der Waals surface area contributed by atoms with E-state index < -0.39 is 15.7 Å². The summed E-state index contributed by atoms with van der Waals surface area (Å²) in [5.41, 5.74) is 5.51. The van der Waals surface area contributed by atoms with E-state index in [0.717, 1.165) is 12.1 Å². The Balaban J connectivity index is 2.40. The average molecular weight is 306 g/mol. The molecular weight excluding hydrogens is 297 g/mol. The highest BCUT2D eigenvalue weighted by Crippen LogP contribution is 2.27. The zero-order valence-electron chi connectivity index (χ0n) is 9.06. The van der Waals surface area contributed by atoms with Gasteiger partial charge in [-0.25, -0.2) is 12.8 Å². The SMILES string of the molecule is Nc1cc(F)cc(S(=O)(=O)Cc2sccc2Cl)c1. The van der Waals surface area contributed by atoms with Crippen molar-refractivity contribution >= 4 is 38.5 Å². The topological polar surface area (TPSA) is 60.2 Å². The van der Waals surface area contributed by atoms with Crippen molar-refractivity contribution in [1.82, 2.24) is 0 Å². The molecule has 7 heteroatoms. The van der Waals surface area contributed by atoms with Gasteiger partial charge in [0.2, 0.25) is 0 Å². The molecule has 0 unspecified atom stereocenters. The van der Waals surface area contributed by atoms with E-state index >= 15 is 0 Å². The van der Waals surface area contributed by atoms with Crippen LogP contribution in [0.5, 0.6) is 0 Å². The lowest BCUT2D eigenvalue weighted by Gasteiger charge is -2.05. The highest BCUT2D eigenvalue weighted by Gasteiger charge is 2.19. The molecule has 3 nitrogen and oxygen atoms in total. The lowest BCUT2D eigenvalue weighted by atomic mass is 10.3. The van der Waals surface area contributed by atoms with Crippen LogP contribution in [0.4, 0.5) is 10.1 Å². The fourth-order valence-electron chi connectivity index (χ4n) is 1.45. The van der Waals surface area contributed by atoms with Gasteiger partial charge in [0.1, 0.15) is 5.82 Å². The van der Waals surface area contributed by atoms with Crippen LogP contribution in [0, 0.1) is 5.82 Å². The molecule has 96 valence electrons. The third-order valence-electron chi connectivity index (χ3n) is 2.26. The molecule has 0 amide bonds. The van der Waals surface area contributed by atoms with E-state index in [1.165, 1.54) is 17.4 Å². The third-order valence-corrected chi connectivity index (χ3v) is 5.46. The van der Waals surface area contributed by atoms with Gasteiger partial charge in [0.05, 0.1) is 15.7 Å². The van der Waals surface area contributed by atoms with E-state index in [9.17, 15) is 12.8 Å². The normalized spacial score (nSPS) is 11.7. The summed E-state index contributed by atoms with van der Waals surface area (Å²) in [4.78, 5) is 0.393. The van der Waals surface area contributed by atoms with Crippen LogP contribution >= 0.6 is 22.9 Å². The number of sulfone groups is 1. The van der Waals surface area contributed by atoms with Gasteiger partial charge in [-0.15, -0.1) is 11.3 Å². The number of nitrogen functional groups attached to an aromatic ring is 1. The minimum Gasteiger partial charge on any atom is -0.399 e. The molecule has 18 heavy (non-hydrogen) atoms. The zero-order valence-corrected chi connectivity index (χ0v) is 11.4. The predicted octanol–water partition coefficient (Wildman–Crippen LogP) is 3.10. The lowest BCUT2D eigenvalue weighted by Crippen LogP contribution is -2.05. The Morgan fingerprint density at radius 2 is 2.06 bits per heavy atom. The van der Waals surface area contributed by atoms with Crippen LogP contribution in [-0.2, 0) is 15.6 Å². The quantitative estimate of drug-likeness (QED) is 0.886. The number of benzene rings is 1. The van der Waals surface area contributed by atoms with Crippen LogP contribution in [0.15, 0.2) is 34.5 Å². The summed E-state index contributed by atoms with van der Waals surface area (Å²) in [7, 11) is -3.64. The number of nitrogens with two attached hydrogens (primary N) is 1. The molecule has 1 aromatic carbocycles. The van der Waals surface area contributed by atoms with Crippen LogP contribution in [0.3, 0.4) is 0 Å². The van der Waals surface area contributed by atoms with Crippen LogP contribution in [0.25, 0.3) is 0 Å². The molecule has 0 saturated heterocycles. The van der Waals surface area contributed by atoms with Crippen LogP contribution < -0.4 is 5.73 Å². The molecule has 0 aliphatic rings. The van der Waals surface area contributed by atoms with Crippen molar-refractivity contribution < 1.29 is 12.8 Å². The van der Waals surface area contributed by atoms with Crippen molar-refractivity contribution in [2.75, 3.05) is 5.73 Å². The maximum absolute atomic E-state index is 13.1. The van der Waals surface area contributed by atoms with Gasteiger partial charge in [-0.05, 0) is 29.6 Å². The van der Waals surface area contributed by atoms with Gasteiger partial charge in [0.25, 0.3) is 0 Å². The second kappa shape index (κ2) is 4.87. The Morgan fingerprint density at radius 3 is 2.61 bits per heavy atom. The van der Waals surface area contributed by atoms with E-state index in [4.69, 9.17) is 17.3 Å². The number of rotatable bonds is 3. The smallest absolute Gasteiger partial charge is 0.183 e. The van der Waals surface area contributed by atoms with E-state index in [1.807, 2.05) is 0 Å². The molecule has 0 aliphatic heterocycles. The Hall–Kier alpha value is -1.11. The molecule has 2 rings (SSSR count). The Bertz CT molecular complexity index is 662. The summed E-state index contributed by atoms with van der Waals surface area (Å²) < 4.78 is 37.3. The molecule has 0 aliphatic carbocycles. The molecule has 0 radical (unpaired) electrons. The first-order chi connectivity index (χ1) is 8.38. The second-order valence-electron chi connectivity index (χ2n) is 3.67. The Morgan fingerprint density at radius 1 is 1.33 bits per heavy atom. The average Bonchev–Trinajstić information content (AvgIpc) is 2.62. The summed E-state index contributed by atoms with van der Waals surface area (Å²) in [5.74, 6) is -0.933. The summed E-state index contributed by atoms with van der Waals surface area (Å²) in [6, 6.07) is 4.88. The molecule has 0 spiro atoms. The summed E-state index contributed by atoms with van der Waals surface area (Å²) in [6.07, 6.45) is 0. The maximum atomic E-state index is 13.1. The number of hydrogen-bond donors (Lipinski definition) is 1. The largest absolute Gasteiger partial charge is 0.399 e. The molecular formula is C11H9ClFNO2S2. The Kier molecular flexibility index (Phi) is 3.61. The van der Waals surface area contributed by atoms with E-state index in [2.05, 4.69) is 0 Å². The molecule has 0 fully saturated rings. The number of hydrogen-bond acceptors (Lipinski definition) is 4. The first-order valence-corrected chi connectivity index (χ1v) is 7.80. The number of anilines is 1. The van der Waals surface area contributed by atoms with Crippen molar-refractivity contribution in [3.05, 3.63) is 45.4 Å².